The molecule has 3 aromatic rings. The molecule has 0 bridgehead atoms. The lowest BCUT2D eigenvalue weighted by atomic mass is 10.0. The highest BCUT2D eigenvalue weighted by Crippen LogP contribution is 2.20. The first kappa shape index (κ1) is 20.5. The Hall–Kier alpha value is -3.74. The normalized spacial score (nSPS) is 13.7. The van der Waals surface area contributed by atoms with E-state index in [2.05, 4.69) is 15.6 Å². The fraction of sp³-hybridized carbons (Fsp3) is 0.250. The van der Waals surface area contributed by atoms with Crippen molar-refractivity contribution in [3.63, 3.8) is 0 Å². The zero-order chi connectivity index (χ0) is 22.0. The smallest absolute Gasteiger partial charge is 0.254 e. The van der Waals surface area contributed by atoms with Gasteiger partial charge in [-0.05, 0) is 49.7 Å². The maximum absolute atomic E-state index is 12.9. The molecule has 31 heavy (non-hydrogen) atoms. The lowest BCUT2D eigenvalue weighted by molar-refractivity contribution is -0.123. The van der Waals surface area contributed by atoms with Crippen molar-refractivity contribution in [1.82, 2.24) is 20.5 Å². The van der Waals surface area contributed by atoms with Crippen molar-refractivity contribution in [2.24, 2.45) is 0 Å². The van der Waals surface area contributed by atoms with Crippen LogP contribution in [0.5, 0.6) is 0 Å². The van der Waals surface area contributed by atoms with Gasteiger partial charge >= 0.3 is 0 Å². The Morgan fingerprint density at radius 3 is 2.61 bits per heavy atom. The molecule has 2 heterocycles. The van der Waals surface area contributed by atoms with E-state index in [0.717, 1.165) is 27.7 Å². The summed E-state index contributed by atoms with van der Waals surface area (Å²) in [6.45, 7) is 5.25. The van der Waals surface area contributed by atoms with Crippen molar-refractivity contribution in [2.75, 3.05) is 19.6 Å². The van der Waals surface area contributed by atoms with Gasteiger partial charge in [-0.1, -0.05) is 23.8 Å². The van der Waals surface area contributed by atoms with Crippen molar-refractivity contribution >= 4 is 28.6 Å². The van der Waals surface area contributed by atoms with E-state index < -0.39 is 0 Å². The number of hydrogen-bond acceptors (Lipinski definition) is 4. The Morgan fingerprint density at radius 2 is 1.87 bits per heavy atom. The van der Waals surface area contributed by atoms with Crippen LogP contribution in [-0.4, -0.2) is 47.2 Å². The molecular weight excluding hydrogens is 392 g/mol. The van der Waals surface area contributed by atoms with E-state index in [0.29, 0.717) is 30.8 Å². The number of aryl methyl sites for hydroxylation is 2. The quantitative estimate of drug-likeness (QED) is 0.683. The van der Waals surface area contributed by atoms with E-state index in [9.17, 15) is 14.4 Å². The molecule has 7 heteroatoms. The molecular formula is C24H24N4O3. The molecule has 0 radical (unpaired) electrons. The van der Waals surface area contributed by atoms with Gasteiger partial charge in [-0.3, -0.25) is 19.4 Å². The Kier molecular flexibility index (Phi) is 5.66. The van der Waals surface area contributed by atoms with Crippen molar-refractivity contribution in [3.05, 3.63) is 76.5 Å². The molecule has 0 unspecified atom stereocenters. The molecule has 2 N–H and O–H groups in total. The van der Waals surface area contributed by atoms with E-state index in [4.69, 9.17) is 0 Å². The van der Waals surface area contributed by atoms with Crippen LogP contribution >= 0.6 is 0 Å². The molecule has 0 spiro atoms. The van der Waals surface area contributed by atoms with Crippen LogP contribution in [0.25, 0.3) is 10.9 Å². The molecule has 4 rings (SSSR count). The molecule has 1 aliphatic heterocycles. The van der Waals surface area contributed by atoms with Crippen molar-refractivity contribution in [2.45, 2.75) is 20.4 Å². The minimum Gasteiger partial charge on any atom is -0.353 e. The van der Waals surface area contributed by atoms with Gasteiger partial charge in [0.15, 0.2) is 0 Å². The third-order valence-corrected chi connectivity index (χ3v) is 5.32. The lowest BCUT2D eigenvalue weighted by Crippen LogP contribution is -2.49. The lowest BCUT2D eigenvalue weighted by Gasteiger charge is -2.26. The van der Waals surface area contributed by atoms with E-state index in [1.165, 1.54) is 4.90 Å². The van der Waals surface area contributed by atoms with Crippen LogP contribution in [0, 0.1) is 13.8 Å². The van der Waals surface area contributed by atoms with Crippen molar-refractivity contribution in [1.29, 1.82) is 0 Å². The minimum absolute atomic E-state index is 0.0788. The maximum Gasteiger partial charge on any atom is 0.254 e. The molecule has 158 valence electrons. The number of rotatable bonds is 4. The van der Waals surface area contributed by atoms with Gasteiger partial charge in [0.2, 0.25) is 5.91 Å². The predicted molar refractivity (Wildman–Crippen MR) is 118 cm³/mol. The second-order valence-electron chi connectivity index (χ2n) is 7.79. The van der Waals surface area contributed by atoms with E-state index in [-0.39, 0.29) is 24.3 Å². The van der Waals surface area contributed by atoms with Crippen LogP contribution in [0.3, 0.4) is 0 Å². The first-order chi connectivity index (χ1) is 14.9. The predicted octanol–water partition coefficient (Wildman–Crippen LogP) is 2.35. The first-order valence-electron chi connectivity index (χ1n) is 10.2. The highest BCUT2D eigenvalue weighted by Gasteiger charge is 2.22. The van der Waals surface area contributed by atoms with Crippen LogP contribution < -0.4 is 10.6 Å². The van der Waals surface area contributed by atoms with Crippen LogP contribution in [0.15, 0.2) is 48.5 Å². The fourth-order valence-electron chi connectivity index (χ4n) is 3.70. The van der Waals surface area contributed by atoms with Gasteiger partial charge in [-0.2, -0.15) is 0 Å². The van der Waals surface area contributed by atoms with Crippen LogP contribution in [-0.2, 0) is 11.3 Å². The number of benzene rings is 2. The van der Waals surface area contributed by atoms with E-state index in [1.54, 1.807) is 18.2 Å². The average Bonchev–Trinajstić information content (AvgIpc) is 2.77. The Balaban J connectivity index is 1.44. The Bertz CT molecular complexity index is 1170. The number of fused-ring (bicyclic) bond motifs is 1. The molecule has 0 aliphatic carbocycles. The van der Waals surface area contributed by atoms with Crippen LogP contribution in [0.4, 0.5) is 0 Å². The first-order valence-corrected chi connectivity index (χ1v) is 10.2. The maximum atomic E-state index is 12.9. The van der Waals surface area contributed by atoms with E-state index in [1.807, 2.05) is 44.2 Å². The number of nitrogens with one attached hydrogen (secondary N) is 2. The zero-order valence-corrected chi connectivity index (χ0v) is 17.6. The van der Waals surface area contributed by atoms with Gasteiger partial charge in [0.25, 0.3) is 11.8 Å². The summed E-state index contributed by atoms with van der Waals surface area (Å²) in [6.07, 6.45) is 0. The monoisotopic (exact) mass is 416 g/mol. The summed E-state index contributed by atoms with van der Waals surface area (Å²) in [5.74, 6) is -0.479. The molecule has 2 aromatic carbocycles. The molecule has 7 nitrogen and oxygen atoms in total. The second kappa shape index (κ2) is 8.55. The summed E-state index contributed by atoms with van der Waals surface area (Å²) >= 11 is 0. The fourth-order valence-corrected chi connectivity index (χ4v) is 3.70. The number of hydrogen-bond donors (Lipinski definition) is 2. The van der Waals surface area contributed by atoms with Gasteiger partial charge in [0, 0.05) is 36.3 Å². The molecule has 0 atom stereocenters. The van der Waals surface area contributed by atoms with Crippen LogP contribution in [0.1, 0.15) is 37.5 Å². The second-order valence-corrected chi connectivity index (χ2v) is 7.79. The summed E-state index contributed by atoms with van der Waals surface area (Å²) in [4.78, 5) is 43.0. The number of nitrogens with zero attached hydrogens (tertiary/aromatic N) is 2. The number of amides is 3. The standard InChI is InChI=1S/C24H24N4O3/c1-15-3-8-21-19(11-15)20(12-16(2)27-21)23(30)26-13-17-4-6-18(7-5-17)24(31)28-10-9-25-22(29)14-28/h3-8,11-12H,9-10,13-14H2,1-2H3,(H,25,29)(H,26,30). The summed E-state index contributed by atoms with van der Waals surface area (Å²) in [5, 5.41) is 6.49. The Labute approximate surface area is 180 Å². The topological polar surface area (TPSA) is 91.4 Å². The van der Waals surface area contributed by atoms with Gasteiger partial charge < -0.3 is 15.5 Å². The van der Waals surface area contributed by atoms with Gasteiger partial charge in [0.1, 0.15) is 0 Å². The average molecular weight is 416 g/mol. The van der Waals surface area contributed by atoms with Crippen molar-refractivity contribution in [3.8, 4) is 0 Å². The summed E-state index contributed by atoms with van der Waals surface area (Å²) in [5.41, 5.74) is 4.66. The molecule has 1 aliphatic rings. The van der Waals surface area contributed by atoms with Gasteiger partial charge in [0.05, 0.1) is 17.6 Å². The zero-order valence-electron chi connectivity index (χ0n) is 17.6. The number of piperazine rings is 1. The molecule has 1 fully saturated rings. The number of aromatic nitrogens is 1. The third kappa shape index (κ3) is 4.55. The number of carbonyl (C=O) groups excluding carboxylic acids is 3. The van der Waals surface area contributed by atoms with Crippen LogP contribution in [0.2, 0.25) is 0 Å². The number of carbonyl (C=O) groups is 3. The largest absolute Gasteiger partial charge is 0.353 e. The Morgan fingerprint density at radius 1 is 1.10 bits per heavy atom. The number of pyridine rings is 1. The summed E-state index contributed by atoms with van der Waals surface area (Å²) in [6, 6.07) is 14.8. The molecule has 1 saturated heterocycles. The van der Waals surface area contributed by atoms with E-state index >= 15 is 0 Å². The highest BCUT2D eigenvalue weighted by molar-refractivity contribution is 6.06. The summed E-state index contributed by atoms with van der Waals surface area (Å²) in [7, 11) is 0. The van der Waals surface area contributed by atoms with Crippen molar-refractivity contribution < 1.29 is 14.4 Å². The molecule has 0 saturated carbocycles. The highest BCUT2D eigenvalue weighted by atomic mass is 16.2. The van der Waals surface area contributed by atoms with Gasteiger partial charge in [-0.25, -0.2) is 0 Å². The van der Waals surface area contributed by atoms with Gasteiger partial charge in [-0.15, -0.1) is 0 Å². The summed E-state index contributed by atoms with van der Waals surface area (Å²) < 4.78 is 0. The minimum atomic E-state index is -0.167. The SMILES string of the molecule is Cc1ccc2nc(C)cc(C(=O)NCc3ccc(C(=O)N4CCNC(=O)C4)cc3)c2c1. The molecule has 3 amide bonds. The molecule has 1 aromatic heterocycles. The third-order valence-electron chi connectivity index (χ3n) is 5.32.